The van der Waals surface area contributed by atoms with E-state index in [2.05, 4.69) is 4.98 Å². The van der Waals surface area contributed by atoms with E-state index in [4.69, 9.17) is 10.2 Å². The predicted molar refractivity (Wildman–Crippen MR) is 108 cm³/mol. The number of hydrogen-bond donors (Lipinski definition) is 1. The monoisotopic (exact) mass is 395 g/mol. The van der Waals surface area contributed by atoms with Crippen molar-refractivity contribution in [2.24, 2.45) is 5.73 Å². The van der Waals surface area contributed by atoms with E-state index in [1.54, 1.807) is 16.2 Å². The van der Waals surface area contributed by atoms with Crippen molar-refractivity contribution in [1.82, 2.24) is 4.98 Å². The molecule has 2 unspecified atom stereocenters. The van der Waals surface area contributed by atoms with E-state index in [-0.39, 0.29) is 30.2 Å². The van der Waals surface area contributed by atoms with Gasteiger partial charge in [-0.2, -0.15) is 0 Å². The van der Waals surface area contributed by atoms with Crippen molar-refractivity contribution in [1.29, 1.82) is 0 Å². The number of para-hydroxylation sites is 1. The van der Waals surface area contributed by atoms with Crippen molar-refractivity contribution in [3.05, 3.63) is 58.8 Å². The van der Waals surface area contributed by atoms with E-state index in [9.17, 15) is 9.59 Å². The molecule has 3 heterocycles. The average Bonchev–Trinajstić information content (AvgIpc) is 3.31. The Morgan fingerprint density at radius 3 is 2.79 bits per heavy atom. The van der Waals surface area contributed by atoms with Crippen LogP contribution in [0.2, 0.25) is 0 Å². The summed E-state index contributed by atoms with van der Waals surface area (Å²) in [6.45, 7) is 3.76. The number of anilines is 1. The fourth-order valence-corrected chi connectivity index (χ4v) is 4.44. The fraction of sp³-hybridized carbons (Fsp3) is 0.286. The van der Waals surface area contributed by atoms with Gasteiger partial charge in [-0.3, -0.25) is 9.59 Å². The molecule has 7 heteroatoms. The van der Waals surface area contributed by atoms with Gasteiger partial charge in [-0.1, -0.05) is 24.3 Å². The molecular formula is C21H21N3O3S. The number of hydrogen-bond acceptors (Lipinski definition) is 5. The van der Waals surface area contributed by atoms with Crippen LogP contribution in [0, 0.1) is 6.92 Å². The topological polar surface area (TPSA) is 89.4 Å². The average molecular weight is 395 g/mol. The molecule has 6 nitrogen and oxygen atoms in total. The third-order valence-electron chi connectivity index (χ3n) is 5.14. The molecule has 1 aliphatic rings. The Kier molecular flexibility index (Phi) is 4.77. The lowest BCUT2D eigenvalue weighted by atomic mass is 9.85. The van der Waals surface area contributed by atoms with Gasteiger partial charge in [-0.05, 0) is 43.3 Å². The van der Waals surface area contributed by atoms with Crippen LogP contribution in [-0.2, 0) is 16.0 Å². The number of carbonyl (C=O) groups is 2. The van der Waals surface area contributed by atoms with Crippen molar-refractivity contribution in [2.75, 3.05) is 4.90 Å². The van der Waals surface area contributed by atoms with Crippen molar-refractivity contribution < 1.29 is 14.0 Å². The van der Waals surface area contributed by atoms with Gasteiger partial charge < -0.3 is 15.1 Å². The van der Waals surface area contributed by atoms with Gasteiger partial charge in [0.2, 0.25) is 17.7 Å². The number of oxazole rings is 1. The summed E-state index contributed by atoms with van der Waals surface area (Å²) < 4.78 is 5.76. The Balaban J connectivity index is 1.63. The molecule has 0 aliphatic carbocycles. The molecule has 0 fully saturated rings. The molecule has 4 rings (SSSR count). The van der Waals surface area contributed by atoms with Crippen LogP contribution in [0.5, 0.6) is 0 Å². The highest BCUT2D eigenvalue weighted by molar-refractivity contribution is 7.13. The van der Waals surface area contributed by atoms with Crippen LogP contribution in [-0.4, -0.2) is 22.8 Å². The largest absolute Gasteiger partial charge is 0.440 e. The van der Waals surface area contributed by atoms with Gasteiger partial charge in [0.05, 0.1) is 22.9 Å². The fourth-order valence-electron chi connectivity index (χ4n) is 3.79. The van der Waals surface area contributed by atoms with Crippen LogP contribution in [0.3, 0.4) is 0 Å². The van der Waals surface area contributed by atoms with E-state index >= 15 is 0 Å². The van der Waals surface area contributed by atoms with Gasteiger partial charge in [0, 0.05) is 11.7 Å². The van der Waals surface area contributed by atoms with Gasteiger partial charge in [0.25, 0.3) is 0 Å². The van der Waals surface area contributed by atoms with Crippen LogP contribution in [0.15, 0.2) is 46.2 Å². The molecule has 0 radical (unpaired) electrons. The second kappa shape index (κ2) is 7.24. The third kappa shape index (κ3) is 3.22. The molecule has 0 spiro atoms. The summed E-state index contributed by atoms with van der Waals surface area (Å²) in [5, 5.41) is 1.96. The van der Waals surface area contributed by atoms with E-state index < -0.39 is 0 Å². The summed E-state index contributed by atoms with van der Waals surface area (Å²) in [6, 6.07) is 11.2. The highest BCUT2D eigenvalue weighted by Gasteiger charge is 2.36. The molecular weight excluding hydrogens is 374 g/mol. The molecule has 144 valence electrons. The van der Waals surface area contributed by atoms with Gasteiger partial charge >= 0.3 is 0 Å². The number of nitrogens with two attached hydrogens (primary N) is 1. The number of rotatable bonds is 4. The standard InChI is InChI=1S/C21H21N3O3S/c1-12-10-15(20(22)26)14-6-3-4-7-17(14)24(12)19(25)11-16-13(2)27-21(23-16)18-8-5-9-28-18/h3-9,12,15H,10-11H2,1-2H3,(H2,22,26). The summed E-state index contributed by atoms with van der Waals surface area (Å²) in [5.74, 6) is 0.367. The molecule has 1 aromatic carbocycles. The molecule has 2 atom stereocenters. The van der Waals surface area contributed by atoms with Gasteiger partial charge in [-0.25, -0.2) is 4.98 Å². The summed E-state index contributed by atoms with van der Waals surface area (Å²) in [4.78, 5) is 32.3. The van der Waals surface area contributed by atoms with Crippen LogP contribution >= 0.6 is 11.3 Å². The van der Waals surface area contributed by atoms with Crippen LogP contribution in [0.25, 0.3) is 10.8 Å². The van der Waals surface area contributed by atoms with Gasteiger partial charge in [-0.15, -0.1) is 11.3 Å². The maximum Gasteiger partial charge on any atom is 0.236 e. The Morgan fingerprint density at radius 1 is 1.29 bits per heavy atom. The SMILES string of the molecule is Cc1oc(-c2cccs2)nc1CC(=O)N1c2ccccc2C(C(N)=O)CC1C. The first-order chi connectivity index (χ1) is 13.5. The lowest BCUT2D eigenvalue weighted by molar-refractivity contribution is -0.121. The minimum absolute atomic E-state index is 0.0722. The second-order valence-corrected chi connectivity index (χ2v) is 7.99. The Labute approximate surface area is 167 Å². The summed E-state index contributed by atoms with van der Waals surface area (Å²) in [7, 11) is 0. The molecule has 3 aromatic rings. The zero-order chi connectivity index (χ0) is 19.8. The summed E-state index contributed by atoms with van der Waals surface area (Å²) >= 11 is 1.54. The number of amides is 2. The van der Waals surface area contributed by atoms with E-state index in [1.807, 2.05) is 55.6 Å². The quantitative estimate of drug-likeness (QED) is 0.730. The zero-order valence-electron chi connectivity index (χ0n) is 15.7. The number of aryl methyl sites for hydroxylation is 1. The lowest BCUT2D eigenvalue weighted by Gasteiger charge is -2.38. The number of aromatic nitrogens is 1. The highest BCUT2D eigenvalue weighted by atomic mass is 32.1. The maximum atomic E-state index is 13.2. The number of carbonyl (C=O) groups excluding carboxylic acids is 2. The van der Waals surface area contributed by atoms with Crippen LogP contribution in [0.1, 0.15) is 36.3 Å². The smallest absolute Gasteiger partial charge is 0.236 e. The predicted octanol–water partition coefficient (Wildman–Crippen LogP) is 3.65. The maximum absolute atomic E-state index is 13.2. The number of primary amides is 1. The van der Waals surface area contributed by atoms with Crippen molar-refractivity contribution in [2.45, 2.75) is 38.6 Å². The van der Waals surface area contributed by atoms with E-state index in [0.29, 0.717) is 23.8 Å². The Bertz CT molecular complexity index is 1030. The van der Waals surface area contributed by atoms with E-state index in [1.165, 1.54) is 0 Å². The zero-order valence-corrected chi connectivity index (χ0v) is 16.5. The van der Waals surface area contributed by atoms with Gasteiger partial charge in [0.1, 0.15) is 5.76 Å². The Hall–Kier alpha value is -2.93. The molecule has 1 aliphatic heterocycles. The molecule has 0 saturated carbocycles. The summed E-state index contributed by atoms with van der Waals surface area (Å²) in [5.41, 5.74) is 7.78. The van der Waals surface area contributed by atoms with Crippen molar-refractivity contribution >= 4 is 28.8 Å². The minimum atomic E-state index is -0.380. The van der Waals surface area contributed by atoms with Crippen molar-refractivity contribution in [3.63, 3.8) is 0 Å². The Morgan fingerprint density at radius 2 is 2.07 bits per heavy atom. The number of benzene rings is 1. The molecule has 0 saturated heterocycles. The molecule has 28 heavy (non-hydrogen) atoms. The molecule has 2 amide bonds. The first kappa shape index (κ1) is 18.4. The first-order valence-corrected chi connectivity index (χ1v) is 10.0. The van der Waals surface area contributed by atoms with Crippen molar-refractivity contribution in [3.8, 4) is 10.8 Å². The summed E-state index contributed by atoms with van der Waals surface area (Å²) in [6.07, 6.45) is 0.650. The second-order valence-electron chi connectivity index (χ2n) is 7.04. The highest BCUT2D eigenvalue weighted by Crippen LogP contribution is 2.38. The number of nitrogens with zero attached hydrogens (tertiary/aromatic N) is 2. The van der Waals surface area contributed by atoms with E-state index in [0.717, 1.165) is 16.1 Å². The number of fused-ring (bicyclic) bond motifs is 1. The van der Waals surface area contributed by atoms with Crippen LogP contribution < -0.4 is 10.6 Å². The minimum Gasteiger partial charge on any atom is -0.440 e. The molecule has 2 N–H and O–H groups in total. The lowest BCUT2D eigenvalue weighted by Crippen LogP contribution is -2.46. The molecule has 0 bridgehead atoms. The molecule has 2 aromatic heterocycles. The third-order valence-corrected chi connectivity index (χ3v) is 6.00. The van der Waals surface area contributed by atoms with Crippen LogP contribution in [0.4, 0.5) is 5.69 Å². The van der Waals surface area contributed by atoms with Gasteiger partial charge in [0.15, 0.2) is 0 Å². The first-order valence-electron chi connectivity index (χ1n) is 9.16. The number of thiophene rings is 1. The normalized spacial score (nSPS) is 18.7.